The van der Waals surface area contributed by atoms with Crippen LogP contribution < -0.4 is 5.32 Å². The summed E-state index contributed by atoms with van der Waals surface area (Å²) in [5.41, 5.74) is 2.55. The van der Waals surface area contributed by atoms with Gasteiger partial charge in [0.15, 0.2) is 0 Å². The van der Waals surface area contributed by atoms with Gasteiger partial charge in [-0.3, -0.25) is 4.79 Å². The quantitative estimate of drug-likeness (QED) is 0.535. The van der Waals surface area contributed by atoms with Gasteiger partial charge in [-0.05, 0) is 56.9 Å². The van der Waals surface area contributed by atoms with Gasteiger partial charge in [0, 0.05) is 10.5 Å². The largest absolute Gasteiger partial charge is 0.462 e. The lowest BCUT2D eigenvalue weighted by Gasteiger charge is -2.36. The van der Waals surface area contributed by atoms with Gasteiger partial charge in [-0.25, -0.2) is 4.79 Å². The van der Waals surface area contributed by atoms with Gasteiger partial charge >= 0.3 is 5.97 Å². The normalized spacial score (nSPS) is 17.6. The zero-order valence-electron chi connectivity index (χ0n) is 16.8. The van der Waals surface area contributed by atoms with E-state index in [0.717, 1.165) is 31.2 Å². The summed E-state index contributed by atoms with van der Waals surface area (Å²) >= 11 is 1.54. The van der Waals surface area contributed by atoms with Crippen LogP contribution in [0.1, 0.15) is 75.2 Å². The molecule has 1 N–H and O–H groups in total. The molecule has 26 heavy (non-hydrogen) atoms. The predicted octanol–water partition coefficient (Wildman–Crippen LogP) is 5.37. The molecule has 1 aliphatic rings. The van der Waals surface area contributed by atoms with Crippen LogP contribution in [0.5, 0.6) is 0 Å². The maximum atomic E-state index is 12.6. The van der Waals surface area contributed by atoms with Gasteiger partial charge in [0.2, 0.25) is 0 Å². The number of nitrogens with one attached hydrogen (secondary N) is 1. The van der Waals surface area contributed by atoms with Crippen molar-refractivity contribution < 1.29 is 14.3 Å². The average Bonchev–Trinajstić information content (AvgIpc) is 2.97. The molecule has 1 atom stereocenters. The first-order chi connectivity index (χ1) is 12.2. The molecule has 1 aliphatic carbocycles. The van der Waals surface area contributed by atoms with E-state index in [4.69, 9.17) is 4.74 Å². The minimum atomic E-state index is -0.327. The van der Waals surface area contributed by atoms with Crippen molar-refractivity contribution in [2.45, 2.75) is 67.2 Å². The zero-order valence-corrected chi connectivity index (χ0v) is 17.6. The molecule has 2 rings (SSSR count). The van der Waals surface area contributed by atoms with Crippen LogP contribution in [0.2, 0.25) is 0 Å². The second kappa shape index (κ2) is 8.38. The standard InChI is InChI=1S/C21H31NO3S/c1-7-13(4)18(23)22-19-17(20(24)25-9-3)15-11-10-14(12-16(15)26-19)21(5,6)8-2/h7,14H,8-12H2,1-6H3,(H,22,23)/b13-7+. The van der Waals surface area contributed by atoms with Crippen LogP contribution in [0.3, 0.4) is 0 Å². The van der Waals surface area contributed by atoms with Gasteiger partial charge in [0.1, 0.15) is 5.00 Å². The number of ether oxygens (including phenoxy) is 1. The average molecular weight is 378 g/mol. The lowest BCUT2D eigenvalue weighted by atomic mass is 9.69. The number of hydrogen-bond donors (Lipinski definition) is 1. The van der Waals surface area contributed by atoms with Gasteiger partial charge in [0.25, 0.3) is 5.91 Å². The van der Waals surface area contributed by atoms with E-state index in [-0.39, 0.29) is 17.3 Å². The Balaban J connectivity index is 2.40. The third kappa shape index (κ3) is 4.20. The summed E-state index contributed by atoms with van der Waals surface area (Å²) in [6, 6.07) is 0. The van der Waals surface area contributed by atoms with E-state index < -0.39 is 0 Å². The van der Waals surface area contributed by atoms with Gasteiger partial charge < -0.3 is 10.1 Å². The van der Waals surface area contributed by atoms with Gasteiger partial charge in [-0.2, -0.15) is 0 Å². The predicted molar refractivity (Wildman–Crippen MR) is 108 cm³/mol. The Labute approximate surface area is 161 Å². The second-order valence-electron chi connectivity index (χ2n) is 7.64. The molecule has 0 fully saturated rings. The van der Waals surface area contributed by atoms with E-state index in [0.29, 0.717) is 28.7 Å². The molecule has 0 saturated heterocycles. The molecule has 0 saturated carbocycles. The highest BCUT2D eigenvalue weighted by Crippen LogP contribution is 2.45. The number of esters is 1. The molecule has 0 radical (unpaired) electrons. The Morgan fingerprint density at radius 2 is 2.04 bits per heavy atom. The number of rotatable bonds is 6. The van der Waals surface area contributed by atoms with E-state index in [1.54, 1.807) is 31.3 Å². The number of hydrogen-bond acceptors (Lipinski definition) is 4. The molecule has 1 amide bonds. The summed E-state index contributed by atoms with van der Waals surface area (Å²) in [5, 5.41) is 3.57. The van der Waals surface area contributed by atoms with E-state index in [1.807, 2.05) is 6.92 Å². The summed E-state index contributed by atoms with van der Waals surface area (Å²) in [7, 11) is 0. The van der Waals surface area contributed by atoms with Crippen LogP contribution in [0.4, 0.5) is 5.00 Å². The summed E-state index contributed by atoms with van der Waals surface area (Å²) in [6.07, 6.45) is 5.80. The smallest absolute Gasteiger partial charge is 0.341 e. The van der Waals surface area contributed by atoms with E-state index in [9.17, 15) is 9.59 Å². The monoisotopic (exact) mass is 377 g/mol. The van der Waals surface area contributed by atoms with Crippen molar-refractivity contribution in [3.8, 4) is 0 Å². The molecular formula is C21H31NO3S. The second-order valence-corrected chi connectivity index (χ2v) is 8.74. The third-order valence-electron chi connectivity index (χ3n) is 5.78. The minimum absolute atomic E-state index is 0.165. The van der Waals surface area contributed by atoms with Crippen molar-refractivity contribution in [3.05, 3.63) is 27.7 Å². The van der Waals surface area contributed by atoms with Crippen LogP contribution in [0.15, 0.2) is 11.6 Å². The summed E-state index contributed by atoms with van der Waals surface area (Å²) < 4.78 is 5.28. The van der Waals surface area contributed by atoms with Crippen molar-refractivity contribution in [3.63, 3.8) is 0 Å². The number of carbonyl (C=O) groups is 2. The third-order valence-corrected chi connectivity index (χ3v) is 6.95. The first-order valence-electron chi connectivity index (χ1n) is 9.51. The Morgan fingerprint density at radius 1 is 1.35 bits per heavy atom. The van der Waals surface area contributed by atoms with E-state index in [1.165, 1.54) is 4.88 Å². The molecule has 0 aromatic carbocycles. The number of fused-ring (bicyclic) bond motifs is 1. The molecule has 1 unspecified atom stereocenters. The minimum Gasteiger partial charge on any atom is -0.462 e. The molecule has 1 heterocycles. The molecule has 144 valence electrons. The fraction of sp³-hybridized carbons (Fsp3) is 0.619. The zero-order chi connectivity index (χ0) is 19.5. The molecule has 1 aromatic rings. The molecule has 0 aliphatic heterocycles. The SMILES string of the molecule is C/C=C(\C)C(=O)Nc1sc2c(c1C(=O)OCC)CCC(C(C)(C)CC)C2. The fourth-order valence-corrected chi connectivity index (χ4v) is 4.69. The Kier molecular flexibility index (Phi) is 6.67. The molecule has 4 nitrogen and oxygen atoms in total. The van der Waals surface area contributed by atoms with Crippen LogP contribution in [0.25, 0.3) is 0 Å². The van der Waals surface area contributed by atoms with Crippen LogP contribution in [0, 0.1) is 11.3 Å². The van der Waals surface area contributed by atoms with Gasteiger partial charge in [0.05, 0.1) is 12.2 Å². The Morgan fingerprint density at radius 3 is 2.62 bits per heavy atom. The van der Waals surface area contributed by atoms with Crippen molar-refractivity contribution >= 4 is 28.2 Å². The van der Waals surface area contributed by atoms with Gasteiger partial charge in [-0.1, -0.05) is 33.3 Å². The number of anilines is 1. The van der Waals surface area contributed by atoms with Crippen LogP contribution in [-0.2, 0) is 22.4 Å². The lowest BCUT2D eigenvalue weighted by molar-refractivity contribution is -0.112. The van der Waals surface area contributed by atoms with E-state index >= 15 is 0 Å². The molecule has 5 heteroatoms. The van der Waals surface area contributed by atoms with Crippen LogP contribution in [-0.4, -0.2) is 18.5 Å². The molecule has 0 bridgehead atoms. The molecular weight excluding hydrogens is 346 g/mol. The van der Waals surface area contributed by atoms with Gasteiger partial charge in [-0.15, -0.1) is 11.3 Å². The Bertz CT molecular complexity index is 715. The van der Waals surface area contributed by atoms with Crippen molar-refractivity contribution in [2.24, 2.45) is 11.3 Å². The Hall–Kier alpha value is -1.62. The highest BCUT2D eigenvalue weighted by Gasteiger charge is 2.35. The number of amides is 1. The van der Waals surface area contributed by atoms with Crippen molar-refractivity contribution in [1.29, 1.82) is 0 Å². The van der Waals surface area contributed by atoms with Crippen LogP contribution >= 0.6 is 11.3 Å². The summed E-state index contributed by atoms with van der Waals surface area (Å²) in [4.78, 5) is 26.1. The maximum Gasteiger partial charge on any atom is 0.341 e. The number of allylic oxidation sites excluding steroid dienone is 1. The molecule has 0 spiro atoms. The first kappa shape index (κ1) is 20.7. The lowest BCUT2D eigenvalue weighted by Crippen LogP contribution is -2.28. The van der Waals surface area contributed by atoms with Crippen molar-refractivity contribution in [2.75, 3.05) is 11.9 Å². The maximum absolute atomic E-state index is 12.6. The molecule has 1 aromatic heterocycles. The van der Waals surface area contributed by atoms with Crippen molar-refractivity contribution in [1.82, 2.24) is 0 Å². The number of thiophene rings is 1. The topological polar surface area (TPSA) is 55.4 Å². The fourth-order valence-electron chi connectivity index (χ4n) is 3.38. The van der Waals surface area contributed by atoms with E-state index in [2.05, 4.69) is 26.1 Å². The first-order valence-corrected chi connectivity index (χ1v) is 10.3. The highest BCUT2D eigenvalue weighted by atomic mass is 32.1. The summed E-state index contributed by atoms with van der Waals surface area (Å²) in [5.74, 6) is 0.100. The number of carbonyl (C=O) groups excluding carboxylic acids is 2. The summed E-state index contributed by atoms with van der Waals surface area (Å²) in [6.45, 7) is 12.6. The highest BCUT2D eigenvalue weighted by molar-refractivity contribution is 7.17.